The lowest BCUT2D eigenvalue weighted by Crippen LogP contribution is -2.50. The van der Waals surface area contributed by atoms with E-state index in [1.165, 1.54) is 10.5 Å². The van der Waals surface area contributed by atoms with Crippen molar-refractivity contribution in [3.63, 3.8) is 0 Å². The largest absolute Gasteiger partial charge is 0.484 e. The summed E-state index contributed by atoms with van der Waals surface area (Å²) in [6.07, 6.45) is 0.816. The van der Waals surface area contributed by atoms with Gasteiger partial charge < -0.3 is 15.0 Å². The van der Waals surface area contributed by atoms with Gasteiger partial charge in [-0.1, -0.05) is 56.6 Å². The van der Waals surface area contributed by atoms with Gasteiger partial charge in [-0.2, -0.15) is 0 Å². The number of carbonyl (C=O) groups is 2. The summed E-state index contributed by atoms with van der Waals surface area (Å²) in [7, 11) is 0. The number of nitrogens with zero attached hydrogens (tertiary/aromatic N) is 1. The fourth-order valence-corrected chi connectivity index (χ4v) is 3.27. The molecule has 0 radical (unpaired) electrons. The molecule has 0 saturated carbocycles. The van der Waals surface area contributed by atoms with E-state index in [0.29, 0.717) is 16.7 Å². The molecule has 0 fully saturated rings. The minimum Gasteiger partial charge on any atom is -0.484 e. The maximum Gasteiger partial charge on any atom is 0.261 e. The van der Waals surface area contributed by atoms with Crippen molar-refractivity contribution in [2.75, 3.05) is 6.61 Å². The standard InChI is InChI=1S/C25H33ClN2O3/c1-6-18(4)27-25(30)19(5)28(15-20-8-7-9-22(26)14-20)24(29)16-31-23-12-10-21(11-13-23)17(2)3/h7-14,17-19H,6,15-16H2,1-5H3,(H,27,30)/t18-,19-/m1/s1. The minimum absolute atomic E-state index is 0.0359. The lowest BCUT2D eigenvalue weighted by molar-refractivity contribution is -0.142. The number of benzene rings is 2. The van der Waals surface area contributed by atoms with Gasteiger partial charge in [0.2, 0.25) is 5.91 Å². The van der Waals surface area contributed by atoms with Crippen molar-refractivity contribution in [3.8, 4) is 5.75 Å². The molecule has 5 nitrogen and oxygen atoms in total. The Hall–Kier alpha value is -2.53. The molecule has 0 bridgehead atoms. The first-order valence-electron chi connectivity index (χ1n) is 10.8. The molecule has 0 heterocycles. The molecule has 0 aliphatic carbocycles. The highest BCUT2D eigenvalue weighted by Gasteiger charge is 2.27. The Labute approximate surface area is 190 Å². The van der Waals surface area contributed by atoms with Gasteiger partial charge in [0.05, 0.1) is 0 Å². The fourth-order valence-electron chi connectivity index (χ4n) is 3.06. The summed E-state index contributed by atoms with van der Waals surface area (Å²) in [4.78, 5) is 27.3. The summed E-state index contributed by atoms with van der Waals surface area (Å²) in [5.41, 5.74) is 2.06. The van der Waals surface area contributed by atoms with Crippen molar-refractivity contribution in [1.29, 1.82) is 0 Å². The van der Waals surface area contributed by atoms with E-state index in [0.717, 1.165) is 12.0 Å². The van der Waals surface area contributed by atoms with Crippen molar-refractivity contribution in [3.05, 3.63) is 64.7 Å². The highest BCUT2D eigenvalue weighted by Crippen LogP contribution is 2.19. The highest BCUT2D eigenvalue weighted by atomic mass is 35.5. The van der Waals surface area contributed by atoms with Crippen LogP contribution in [0.1, 0.15) is 58.1 Å². The maximum absolute atomic E-state index is 13.1. The quantitative estimate of drug-likeness (QED) is 0.549. The van der Waals surface area contributed by atoms with Crippen LogP contribution in [0, 0.1) is 0 Å². The van der Waals surface area contributed by atoms with Gasteiger partial charge in [0.1, 0.15) is 11.8 Å². The van der Waals surface area contributed by atoms with Crippen molar-refractivity contribution < 1.29 is 14.3 Å². The number of ether oxygens (including phenoxy) is 1. The number of hydrogen-bond acceptors (Lipinski definition) is 3. The molecule has 0 aliphatic heterocycles. The van der Waals surface area contributed by atoms with Crippen LogP contribution in [-0.2, 0) is 16.1 Å². The second-order valence-corrected chi connectivity index (χ2v) is 8.59. The van der Waals surface area contributed by atoms with E-state index < -0.39 is 6.04 Å². The Morgan fingerprint density at radius 1 is 1.06 bits per heavy atom. The normalized spacial score (nSPS) is 12.9. The number of halogens is 1. The van der Waals surface area contributed by atoms with Crippen LogP contribution < -0.4 is 10.1 Å². The Bertz CT molecular complexity index is 867. The molecule has 0 saturated heterocycles. The molecule has 2 aromatic carbocycles. The third-order valence-electron chi connectivity index (χ3n) is 5.32. The van der Waals surface area contributed by atoms with Gasteiger partial charge in [-0.3, -0.25) is 9.59 Å². The molecule has 0 spiro atoms. The molecule has 168 valence electrons. The molecule has 31 heavy (non-hydrogen) atoms. The molecular formula is C25H33ClN2O3. The summed E-state index contributed by atoms with van der Waals surface area (Å²) in [6, 6.07) is 14.4. The van der Waals surface area contributed by atoms with Gasteiger partial charge in [0.15, 0.2) is 6.61 Å². The number of hydrogen-bond donors (Lipinski definition) is 1. The van der Waals surface area contributed by atoms with Crippen LogP contribution in [-0.4, -0.2) is 35.4 Å². The zero-order chi connectivity index (χ0) is 23.0. The lowest BCUT2D eigenvalue weighted by Gasteiger charge is -2.29. The van der Waals surface area contributed by atoms with Crippen LogP contribution in [0.3, 0.4) is 0 Å². The lowest BCUT2D eigenvalue weighted by atomic mass is 10.0. The Morgan fingerprint density at radius 3 is 2.32 bits per heavy atom. The van der Waals surface area contributed by atoms with E-state index in [4.69, 9.17) is 16.3 Å². The topological polar surface area (TPSA) is 58.6 Å². The van der Waals surface area contributed by atoms with Crippen molar-refractivity contribution in [2.24, 2.45) is 0 Å². The molecular weight excluding hydrogens is 412 g/mol. The first-order chi connectivity index (χ1) is 14.7. The first kappa shape index (κ1) is 24.7. The van der Waals surface area contributed by atoms with Crippen molar-refractivity contribution in [1.82, 2.24) is 10.2 Å². The molecule has 2 amide bonds. The average Bonchev–Trinajstić information content (AvgIpc) is 2.75. The predicted octanol–water partition coefficient (Wildman–Crippen LogP) is 5.17. The zero-order valence-corrected chi connectivity index (χ0v) is 19.8. The summed E-state index contributed by atoms with van der Waals surface area (Å²) in [5, 5.41) is 3.54. The summed E-state index contributed by atoms with van der Waals surface area (Å²) in [5.74, 6) is 0.594. The molecule has 0 aliphatic rings. The van der Waals surface area contributed by atoms with Crippen LogP contribution in [0.5, 0.6) is 5.75 Å². The predicted molar refractivity (Wildman–Crippen MR) is 125 cm³/mol. The van der Waals surface area contributed by atoms with E-state index in [2.05, 4.69) is 19.2 Å². The number of rotatable bonds is 10. The van der Waals surface area contributed by atoms with E-state index in [-0.39, 0.29) is 31.0 Å². The summed E-state index contributed by atoms with van der Waals surface area (Å²) < 4.78 is 5.73. The number of nitrogens with one attached hydrogen (secondary N) is 1. The van der Waals surface area contributed by atoms with Crippen molar-refractivity contribution in [2.45, 2.75) is 65.6 Å². The molecule has 1 N–H and O–H groups in total. The van der Waals surface area contributed by atoms with Gasteiger partial charge in [-0.25, -0.2) is 0 Å². The fraction of sp³-hybridized carbons (Fsp3) is 0.440. The van der Waals surface area contributed by atoms with Crippen LogP contribution in [0.25, 0.3) is 0 Å². The third-order valence-corrected chi connectivity index (χ3v) is 5.55. The van der Waals surface area contributed by atoms with Gasteiger partial charge in [-0.05, 0) is 61.6 Å². The second-order valence-electron chi connectivity index (χ2n) is 8.16. The molecule has 6 heteroatoms. The van der Waals surface area contributed by atoms with Crippen molar-refractivity contribution >= 4 is 23.4 Å². The minimum atomic E-state index is -0.646. The highest BCUT2D eigenvalue weighted by molar-refractivity contribution is 6.30. The summed E-state index contributed by atoms with van der Waals surface area (Å²) >= 11 is 6.11. The van der Waals surface area contributed by atoms with E-state index in [1.807, 2.05) is 50.2 Å². The van der Waals surface area contributed by atoms with Crippen LogP contribution in [0.15, 0.2) is 48.5 Å². The van der Waals surface area contributed by atoms with Crippen LogP contribution in [0.2, 0.25) is 5.02 Å². The van der Waals surface area contributed by atoms with Crippen LogP contribution >= 0.6 is 11.6 Å². The monoisotopic (exact) mass is 444 g/mol. The molecule has 2 aromatic rings. The maximum atomic E-state index is 13.1. The zero-order valence-electron chi connectivity index (χ0n) is 19.0. The Morgan fingerprint density at radius 2 is 1.74 bits per heavy atom. The van der Waals surface area contributed by atoms with E-state index >= 15 is 0 Å². The van der Waals surface area contributed by atoms with E-state index in [1.54, 1.807) is 19.1 Å². The van der Waals surface area contributed by atoms with Crippen LogP contribution in [0.4, 0.5) is 0 Å². The second kappa shape index (κ2) is 11.8. The molecule has 0 unspecified atom stereocenters. The Balaban J connectivity index is 2.13. The molecule has 2 rings (SSSR count). The van der Waals surface area contributed by atoms with Gasteiger partial charge in [0.25, 0.3) is 5.91 Å². The van der Waals surface area contributed by atoms with E-state index in [9.17, 15) is 9.59 Å². The first-order valence-corrected chi connectivity index (χ1v) is 11.2. The van der Waals surface area contributed by atoms with Gasteiger partial charge in [-0.15, -0.1) is 0 Å². The summed E-state index contributed by atoms with van der Waals surface area (Å²) in [6.45, 7) is 10.0. The SMILES string of the molecule is CC[C@@H](C)NC(=O)[C@@H](C)N(Cc1cccc(Cl)c1)C(=O)COc1ccc(C(C)C)cc1. The van der Waals surface area contributed by atoms with Gasteiger partial charge >= 0.3 is 0 Å². The smallest absolute Gasteiger partial charge is 0.261 e. The number of carbonyl (C=O) groups excluding carboxylic acids is 2. The third kappa shape index (κ3) is 7.59. The Kier molecular flexibility index (Phi) is 9.38. The van der Waals surface area contributed by atoms with Gasteiger partial charge in [0, 0.05) is 17.6 Å². The number of amides is 2. The molecule has 0 aromatic heterocycles. The average molecular weight is 445 g/mol. The molecule has 2 atom stereocenters.